The molecule has 0 nitrogen and oxygen atoms in total. The molecule has 8 heavy (non-hydrogen) atoms. The van der Waals surface area contributed by atoms with Crippen molar-refractivity contribution in [1.82, 2.24) is 0 Å². The lowest BCUT2D eigenvalue weighted by Crippen LogP contribution is -1.59. The van der Waals surface area contributed by atoms with E-state index in [4.69, 9.17) is 0 Å². The lowest BCUT2D eigenvalue weighted by atomic mass is 10.3. The first-order valence-electron chi connectivity index (χ1n) is 3.41. The maximum atomic E-state index is 2.21. The van der Waals surface area contributed by atoms with Crippen LogP contribution in [0.3, 0.4) is 0 Å². The molecule has 0 atom stereocenters. The second-order valence-electron chi connectivity index (χ2n) is 1.85. The zero-order valence-electron chi connectivity index (χ0n) is 6.62. The lowest BCUT2D eigenvalue weighted by Gasteiger charge is -1.79. The largest absolute Gasteiger partial charge is 0.129 e. The molecule has 0 aliphatic heterocycles. The highest BCUT2D eigenvalue weighted by Gasteiger charge is 1.68. The molecule has 0 aromatic rings. The Kier molecular flexibility index (Phi) is 22.0. The van der Waals surface area contributed by atoms with Gasteiger partial charge in [0.2, 0.25) is 0 Å². The van der Waals surface area contributed by atoms with E-state index in [2.05, 4.69) is 27.2 Å². The second-order valence-corrected chi connectivity index (χ2v) is 2.85. The predicted molar refractivity (Wildman–Crippen MR) is 45.4 cm³/mol. The summed E-state index contributed by atoms with van der Waals surface area (Å²) in [6.45, 7) is 8.73. The van der Waals surface area contributed by atoms with Gasteiger partial charge in [-0.15, -0.1) is 8.58 Å². The van der Waals surface area contributed by atoms with Crippen LogP contribution in [0.2, 0.25) is 0 Å². The average molecular weight is 134 g/mol. The van der Waals surface area contributed by atoms with Gasteiger partial charge in [-0.05, 0) is 13.3 Å². The fourth-order valence-electron chi connectivity index (χ4n) is 0.354. The van der Waals surface area contributed by atoms with Gasteiger partial charge in [-0.3, -0.25) is 0 Å². The summed E-state index contributed by atoms with van der Waals surface area (Å²) in [7, 11) is 1.08. The highest BCUT2D eigenvalue weighted by Crippen LogP contribution is 1.88. The van der Waals surface area contributed by atoms with Crippen molar-refractivity contribution in [2.24, 2.45) is 0 Å². The number of rotatable bonds is 2. The van der Waals surface area contributed by atoms with Gasteiger partial charge < -0.3 is 0 Å². The van der Waals surface area contributed by atoms with Crippen molar-refractivity contribution in [3.05, 3.63) is 0 Å². The van der Waals surface area contributed by atoms with Gasteiger partial charge in [0.15, 0.2) is 0 Å². The van der Waals surface area contributed by atoms with E-state index < -0.39 is 0 Å². The molecule has 52 valence electrons. The Morgan fingerprint density at radius 1 is 1.00 bits per heavy atom. The van der Waals surface area contributed by atoms with Crippen LogP contribution in [-0.2, 0) is 0 Å². The van der Waals surface area contributed by atoms with E-state index in [0.717, 1.165) is 8.58 Å². The minimum atomic E-state index is 1.08. The first-order chi connectivity index (χ1) is 3.83. The van der Waals surface area contributed by atoms with Crippen LogP contribution >= 0.6 is 8.58 Å². The minimum absolute atomic E-state index is 1.08. The van der Waals surface area contributed by atoms with E-state index in [-0.39, 0.29) is 0 Å². The maximum absolute atomic E-state index is 2.21. The zero-order chi connectivity index (χ0) is 6.83. The van der Waals surface area contributed by atoms with Gasteiger partial charge >= 0.3 is 0 Å². The van der Waals surface area contributed by atoms with Crippen LogP contribution in [-0.4, -0.2) is 13.3 Å². The van der Waals surface area contributed by atoms with Crippen LogP contribution in [0, 0.1) is 0 Å². The van der Waals surface area contributed by atoms with E-state index in [9.17, 15) is 0 Å². The molecule has 1 heteroatoms. The number of hydrogen-bond donors (Lipinski definition) is 0. The molecule has 0 radical (unpaired) electrons. The van der Waals surface area contributed by atoms with E-state index in [0.29, 0.717) is 0 Å². The molecular formula is C7H19P. The van der Waals surface area contributed by atoms with Crippen molar-refractivity contribution in [2.45, 2.75) is 33.1 Å². The molecule has 0 saturated carbocycles. The molecule has 0 aliphatic rings. The third kappa shape index (κ3) is 32.1. The van der Waals surface area contributed by atoms with Crippen LogP contribution in [0.25, 0.3) is 0 Å². The third-order valence-corrected chi connectivity index (χ3v) is 0.707. The van der Waals surface area contributed by atoms with Crippen molar-refractivity contribution in [3.8, 4) is 0 Å². The number of unbranched alkanes of at least 4 members (excludes halogenated alkanes) is 2. The molecule has 0 bridgehead atoms. The van der Waals surface area contributed by atoms with E-state index in [1.807, 2.05) is 0 Å². The summed E-state index contributed by atoms with van der Waals surface area (Å²) in [5, 5.41) is 0. The first-order valence-corrected chi connectivity index (χ1v) is 5.41. The SMILES string of the molecule is CCCCC.CPC. The zero-order valence-corrected chi connectivity index (χ0v) is 7.62. The summed E-state index contributed by atoms with van der Waals surface area (Å²) in [5.74, 6) is 0. The monoisotopic (exact) mass is 134 g/mol. The van der Waals surface area contributed by atoms with Crippen molar-refractivity contribution >= 4 is 8.58 Å². The summed E-state index contributed by atoms with van der Waals surface area (Å²) in [4.78, 5) is 0. The molecular weight excluding hydrogens is 115 g/mol. The first kappa shape index (κ1) is 11.3. The molecule has 0 unspecified atom stereocenters. The van der Waals surface area contributed by atoms with Gasteiger partial charge in [0.1, 0.15) is 0 Å². The van der Waals surface area contributed by atoms with Gasteiger partial charge in [0, 0.05) is 0 Å². The van der Waals surface area contributed by atoms with Crippen molar-refractivity contribution < 1.29 is 0 Å². The highest BCUT2D eigenvalue weighted by atomic mass is 31.1. The molecule has 0 rings (SSSR count). The fourth-order valence-corrected chi connectivity index (χ4v) is 0.354. The van der Waals surface area contributed by atoms with Crippen LogP contribution in [0.1, 0.15) is 33.1 Å². The maximum Gasteiger partial charge on any atom is -0.0475 e. The van der Waals surface area contributed by atoms with Gasteiger partial charge in [-0.1, -0.05) is 33.1 Å². The van der Waals surface area contributed by atoms with Crippen molar-refractivity contribution in [1.29, 1.82) is 0 Å². The van der Waals surface area contributed by atoms with Crippen LogP contribution in [0.15, 0.2) is 0 Å². The predicted octanol–water partition coefficient (Wildman–Crippen LogP) is 3.12. The van der Waals surface area contributed by atoms with Crippen LogP contribution in [0.5, 0.6) is 0 Å². The smallest absolute Gasteiger partial charge is 0.0475 e. The van der Waals surface area contributed by atoms with Gasteiger partial charge in [0.05, 0.1) is 0 Å². The number of hydrogen-bond acceptors (Lipinski definition) is 0. The topological polar surface area (TPSA) is 0 Å². The average Bonchev–Trinajstić information content (AvgIpc) is 1.71. The summed E-state index contributed by atoms with van der Waals surface area (Å²) in [5.41, 5.74) is 0. The Hall–Kier alpha value is 0.430. The Morgan fingerprint density at radius 3 is 1.25 bits per heavy atom. The second kappa shape index (κ2) is 15.7. The van der Waals surface area contributed by atoms with Crippen molar-refractivity contribution in [3.63, 3.8) is 0 Å². The van der Waals surface area contributed by atoms with Gasteiger partial charge in [-0.2, -0.15) is 0 Å². The van der Waals surface area contributed by atoms with Gasteiger partial charge in [0.25, 0.3) is 0 Å². The Balaban J connectivity index is 0. The van der Waals surface area contributed by atoms with E-state index >= 15 is 0 Å². The van der Waals surface area contributed by atoms with Crippen LogP contribution in [0.4, 0.5) is 0 Å². The van der Waals surface area contributed by atoms with E-state index in [1.165, 1.54) is 19.3 Å². The quantitative estimate of drug-likeness (QED) is 0.509. The van der Waals surface area contributed by atoms with Crippen LogP contribution < -0.4 is 0 Å². The summed E-state index contributed by atoms with van der Waals surface area (Å²) >= 11 is 0. The Bertz CT molecular complexity index is 18.3. The molecule has 0 aromatic heterocycles. The van der Waals surface area contributed by atoms with Gasteiger partial charge in [-0.25, -0.2) is 0 Å². The highest BCUT2D eigenvalue weighted by molar-refractivity contribution is 7.35. The summed E-state index contributed by atoms with van der Waals surface area (Å²) in [6, 6.07) is 0. The minimum Gasteiger partial charge on any atom is -0.129 e. The van der Waals surface area contributed by atoms with E-state index in [1.54, 1.807) is 0 Å². The molecule has 0 saturated heterocycles. The molecule has 0 fully saturated rings. The molecule has 0 spiro atoms. The molecule has 0 amide bonds. The summed E-state index contributed by atoms with van der Waals surface area (Å²) in [6.07, 6.45) is 4.08. The molecule has 0 aromatic carbocycles. The Morgan fingerprint density at radius 2 is 1.25 bits per heavy atom. The normalized spacial score (nSPS) is 7.50. The fraction of sp³-hybridized carbons (Fsp3) is 1.00. The lowest BCUT2D eigenvalue weighted by molar-refractivity contribution is 0.772. The Labute approximate surface area is 55.8 Å². The standard InChI is InChI=1S/C5H12.C2H7P/c1-3-5-4-2;1-3-2/h3-5H2,1-2H3;3H,1-2H3. The molecule has 0 aliphatic carbocycles. The molecule has 0 N–H and O–H groups in total. The molecule has 0 heterocycles. The summed E-state index contributed by atoms with van der Waals surface area (Å²) < 4.78 is 0. The van der Waals surface area contributed by atoms with Crippen molar-refractivity contribution in [2.75, 3.05) is 13.3 Å². The third-order valence-electron chi connectivity index (χ3n) is 0.707.